The summed E-state index contributed by atoms with van der Waals surface area (Å²) in [5.74, 6) is 1.37. The normalized spacial score (nSPS) is 15.2. The van der Waals surface area contributed by atoms with E-state index in [2.05, 4.69) is 171 Å². The number of anilines is 6. The number of allylic oxidation sites excluding steroid dienone is 2. The van der Waals surface area contributed by atoms with Gasteiger partial charge in [-0.25, -0.2) is 0 Å². The molecule has 9 aromatic carbocycles. The molecule has 0 spiro atoms. The fourth-order valence-electron chi connectivity index (χ4n) is 10.7. The van der Waals surface area contributed by atoms with E-state index in [-0.39, 0.29) is 23.9 Å². The minimum absolute atomic E-state index is 0.0844. The van der Waals surface area contributed by atoms with Gasteiger partial charge in [0.25, 0.3) is 0 Å². The number of ether oxygens (including phenoxy) is 1. The largest absolute Gasteiger partial charge is 0.483 e. The molecule has 12 rings (SSSR count). The highest BCUT2D eigenvalue weighted by Crippen LogP contribution is 2.55. The molecule has 66 heavy (non-hydrogen) atoms. The van der Waals surface area contributed by atoms with Crippen LogP contribution in [-0.4, -0.2) is 6.10 Å². The third-order valence-corrected chi connectivity index (χ3v) is 13.7. The van der Waals surface area contributed by atoms with Crippen LogP contribution in [0.1, 0.15) is 73.3 Å². The molecular weight excluding hydrogens is 809 g/mol. The third kappa shape index (κ3) is 5.92. The SMILES string of the molecule is CC(C)c1cc(N(c2ccc(C#N)cc2)c2cccc3c2OC2C=CC=CC32)c2ccc3c(C(C)C)cc(N(c4ccc(C#N)cc4)c4cccc5c4oc4ccccc45)c4ccc1c2c34. The van der Waals surface area contributed by atoms with Crippen LogP contribution in [0.2, 0.25) is 0 Å². The molecule has 10 aromatic rings. The predicted octanol–water partition coefficient (Wildman–Crippen LogP) is 16.4. The Labute approximate surface area is 383 Å². The van der Waals surface area contributed by atoms with Crippen LogP contribution in [0.3, 0.4) is 0 Å². The fourth-order valence-corrected chi connectivity index (χ4v) is 10.7. The molecule has 2 heterocycles. The Morgan fingerprint density at radius 3 is 1.64 bits per heavy atom. The van der Waals surface area contributed by atoms with E-state index >= 15 is 0 Å². The number of hydrogen-bond donors (Lipinski definition) is 0. The molecular formula is C60H44N4O2. The summed E-state index contributed by atoms with van der Waals surface area (Å²) in [5.41, 5.74) is 12.3. The van der Waals surface area contributed by atoms with E-state index in [9.17, 15) is 10.5 Å². The zero-order valence-corrected chi connectivity index (χ0v) is 37.1. The summed E-state index contributed by atoms with van der Waals surface area (Å²) < 4.78 is 13.6. The summed E-state index contributed by atoms with van der Waals surface area (Å²) in [6.45, 7) is 9.11. The number of para-hydroxylation sites is 3. The zero-order valence-electron chi connectivity index (χ0n) is 37.1. The van der Waals surface area contributed by atoms with E-state index in [0.717, 1.165) is 78.1 Å². The second kappa shape index (κ2) is 15.2. The number of fused-ring (bicyclic) bond motifs is 6. The lowest BCUT2D eigenvalue weighted by Gasteiger charge is -2.32. The summed E-state index contributed by atoms with van der Waals surface area (Å²) in [6, 6.07) is 55.5. The van der Waals surface area contributed by atoms with Crippen molar-refractivity contribution in [3.8, 4) is 17.9 Å². The van der Waals surface area contributed by atoms with Gasteiger partial charge >= 0.3 is 0 Å². The zero-order chi connectivity index (χ0) is 44.8. The average molecular weight is 853 g/mol. The molecule has 0 radical (unpaired) electrons. The highest BCUT2D eigenvalue weighted by Gasteiger charge is 2.36. The second-order valence-corrected chi connectivity index (χ2v) is 18.2. The van der Waals surface area contributed by atoms with Crippen LogP contribution in [0.5, 0.6) is 5.75 Å². The van der Waals surface area contributed by atoms with Crippen LogP contribution in [-0.2, 0) is 0 Å². The van der Waals surface area contributed by atoms with E-state index in [0.29, 0.717) is 11.1 Å². The Morgan fingerprint density at radius 2 is 1.03 bits per heavy atom. The summed E-state index contributed by atoms with van der Waals surface area (Å²) >= 11 is 0. The minimum atomic E-state index is -0.0844. The highest BCUT2D eigenvalue weighted by molar-refractivity contribution is 6.30. The van der Waals surface area contributed by atoms with Gasteiger partial charge in [0.1, 0.15) is 17.4 Å². The number of nitriles is 2. The summed E-state index contributed by atoms with van der Waals surface area (Å²) in [5, 5.41) is 28.9. The topological polar surface area (TPSA) is 76.4 Å². The standard InChI is InChI=1S/C60H44N4O2/c1-35(2)49-31-53(63(39-23-19-37(33-61)20-24-39)51-15-9-13-45-41-11-5-7-17-55(41)65-59(45)51)47-30-28-44-50(36(3)4)32-54(48-29-27-43(49)57(47)58(44)48)64(40-25-21-38(34-62)22-26-40)52-16-10-14-46-42-12-6-8-18-56(42)66-60(46)52/h5-32,35-36,41,55H,1-4H3. The van der Waals surface area contributed by atoms with Crippen LogP contribution >= 0.6 is 0 Å². The van der Waals surface area contributed by atoms with Crippen molar-refractivity contribution >= 4 is 88.4 Å². The molecule has 1 aliphatic carbocycles. The van der Waals surface area contributed by atoms with E-state index in [1.165, 1.54) is 32.7 Å². The van der Waals surface area contributed by atoms with Gasteiger partial charge in [0.05, 0.1) is 46.0 Å². The first-order chi connectivity index (χ1) is 32.3. The van der Waals surface area contributed by atoms with E-state index in [1.54, 1.807) is 0 Å². The number of rotatable bonds is 8. The van der Waals surface area contributed by atoms with E-state index in [4.69, 9.17) is 9.15 Å². The predicted molar refractivity (Wildman–Crippen MR) is 270 cm³/mol. The van der Waals surface area contributed by atoms with Crippen molar-refractivity contribution in [2.24, 2.45) is 0 Å². The van der Waals surface area contributed by atoms with Crippen molar-refractivity contribution in [2.75, 3.05) is 9.80 Å². The van der Waals surface area contributed by atoms with Crippen LogP contribution in [0.4, 0.5) is 34.1 Å². The lowest BCUT2D eigenvalue weighted by Crippen LogP contribution is -2.16. The van der Waals surface area contributed by atoms with Crippen molar-refractivity contribution < 1.29 is 9.15 Å². The lowest BCUT2D eigenvalue weighted by molar-refractivity contribution is 0.269. The van der Waals surface area contributed by atoms with Crippen molar-refractivity contribution in [3.63, 3.8) is 0 Å². The average Bonchev–Trinajstić information content (AvgIpc) is 3.94. The molecule has 2 atom stereocenters. The van der Waals surface area contributed by atoms with Gasteiger partial charge in [-0.1, -0.05) is 113 Å². The van der Waals surface area contributed by atoms with Crippen molar-refractivity contribution in [1.29, 1.82) is 10.5 Å². The molecule has 2 unspecified atom stereocenters. The molecule has 1 aliphatic heterocycles. The molecule has 0 amide bonds. The van der Waals surface area contributed by atoms with Crippen molar-refractivity contribution in [2.45, 2.75) is 51.6 Å². The number of hydrogen-bond acceptors (Lipinski definition) is 6. The van der Waals surface area contributed by atoms with Gasteiger partial charge in [-0.05, 0) is 129 Å². The van der Waals surface area contributed by atoms with Gasteiger partial charge in [0.2, 0.25) is 0 Å². The molecule has 316 valence electrons. The fraction of sp³-hybridized carbons (Fsp3) is 0.133. The van der Waals surface area contributed by atoms with Crippen LogP contribution < -0.4 is 14.5 Å². The Balaban J connectivity index is 1.19. The highest BCUT2D eigenvalue weighted by atomic mass is 16.5. The first-order valence-electron chi connectivity index (χ1n) is 22.7. The Hall–Kier alpha value is -8.32. The van der Waals surface area contributed by atoms with Crippen molar-refractivity contribution in [1.82, 2.24) is 0 Å². The quantitative estimate of drug-likeness (QED) is 0.142. The molecule has 2 aliphatic rings. The molecule has 1 aromatic heterocycles. The molecule has 6 nitrogen and oxygen atoms in total. The Morgan fingerprint density at radius 1 is 0.500 bits per heavy atom. The molecule has 0 fully saturated rings. The summed E-state index contributed by atoms with van der Waals surface area (Å²) in [6.07, 6.45) is 8.48. The maximum Gasteiger partial charge on any atom is 0.159 e. The number of benzene rings is 9. The maximum absolute atomic E-state index is 9.90. The van der Waals surface area contributed by atoms with Crippen LogP contribution in [0, 0.1) is 22.7 Å². The minimum Gasteiger partial charge on any atom is -0.483 e. The van der Waals surface area contributed by atoms with Gasteiger partial charge < -0.3 is 19.0 Å². The number of furan rings is 1. The Kier molecular flexibility index (Phi) is 9.02. The molecule has 0 N–H and O–H groups in total. The van der Waals surface area contributed by atoms with Gasteiger partial charge in [-0.15, -0.1) is 0 Å². The van der Waals surface area contributed by atoms with Gasteiger partial charge in [0, 0.05) is 44.4 Å². The van der Waals surface area contributed by atoms with E-state index < -0.39 is 0 Å². The first-order valence-corrected chi connectivity index (χ1v) is 22.7. The summed E-state index contributed by atoms with van der Waals surface area (Å²) in [4.78, 5) is 4.67. The monoisotopic (exact) mass is 852 g/mol. The lowest BCUT2D eigenvalue weighted by atomic mass is 9.84. The first kappa shape index (κ1) is 39.3. The third-order valence-electron chi connectivity index (χ3n) is 13.7. The van der Waals surface area contributed by atoms with Crippen LogP contribution in [0.15, 0.2) is 174 Å². The van der Waals surface area contributed by atoms with Crippen LogP contribution in [0.25, 0.3) is 54.3 Å². The van der Waals surface area contributed by atoms with Gasteiger partial charge in [0.15, 0.2) is 5.58 Å². The Bertz CT molecular complexity index is 3730. The molecule has 0 saturated heterocycles. The molecule has 0 bridgehead atoms. The smallest absolute Gasteiger partial charge is 0.159 e. The summed E-state index contributed by atoms with van der Waals surface area (Å²) in [7, 11) is 0. The number of nitrogens with zero attached hydrogens (tertiary/aromatic N) is 4. The van der Waals surface area contributed by atoms with E-state index in [1.807, 2.05) is 48.5 Å². The second-order valence-electron chi connectivity index (χ2n) is 18.2. The van der Waals surface area contributed by atoms with Gasteiger partial charge in [-0.3, -0.25) is 0 Å². The van der Waals surface area contributed by atoms with Crippen molar-refractivity contribution in [3.05, 3.63) is 198 Å². The maximum atomic E-state index is 9.90. The molecule has 6 heteroatoms. The molecule has 0 saturated carbocycles. The van der Waals surface area contributed by atoms with Gasteiger partial charge in [-0.2, -0.15) is 10.5 Å².